The summed E-state index contributed by atoms with van der Waals surface area (Å²) < 4.78 is 5.71. The number of halogens is 1. The molecule has 106 valence electrons. The highest BCUT2D eigenvalue weighted by Crippen LogP contribution is 2.11. The molecule has 0 radical (unpaired) electrons. The molecule has 0 amide bonds. The van der Waals surface area contributed by atoms with E-state index in [-0.39, 0.29) is 0 Å². The summed E-state index contributed by atoms with van der Waals surface area (Å²) in [5.74, 6) is 0. The molecular formula is C17H20ClNO. The van der Waals surface area contributed by atoms with Gasteiger partial charge in [-0.25, -0.2) is 0 Å². The molecule has 2 aromatic rings. The lowest BCUT2D eigenvalue weighted by Crippen LogP contribution is -2.11. The Balaban J connectivity index is 1.77. The van der Waals surface area contributed by atoms with E-state index in [1.165, 1.54) is 11.1 Å². The predicted molar refractivity (Wildman–Crippen MR) is 83.8 cm³/mol. The maximum Gasteiger partial charge on any atom is 0.0721 e. The van der Waals surface area contributed by atoms with Crippen LogP contribution in [0.3, 0.4) is 0 Å². The molecule has 0 saturated heterocycles. The van der Waals surface area contributed by atoms with Crippen molar-refractivity contribution < 1.29 is 4.74 Å². The molecule has 0 aliphatic carbocycles. The second-order valence-electron chi connectivity index (χ2n) is 4.72. The third kappa shape index (κ3) is 4.97. The van der Waals surface area contributed by atoms with Gasteiger partial charge in [0, 0.05) is 11.6 Å². The maximum atomic E-state index is 5.85. The first-order valence-electron chi connectivity index (χ1n) is 6.88. The Hall–Kier alpha value is -1.35. The highest BCUT2D eigenvalue weighted by Gasteiger charge is 1.97. The lowest BCUT2D eigenvalue weighted by molar-refractivity contribution is 0.107. The molecule has 0 unspecified atom stereocenters. The molecule has 0 aliphatic heterocycles. The maximum absolute atomic E-state index is 5.85. The fourth-order valence-electron chi connectivity index (χ4n) is 1.89. The second-order valence-corrected chi connectivity index (χ2v) is 5.15. The molecule has 2 aromatic carbocycles. The van der Waals surface area contributed by atoms with Crippen molar-refractivity contribution in [2.24, 2.45) is 0 Å². The van der Waals surface area contributed by atoms with Crippen LogP contribution >= 0.6 is 11.6 Å². The van der Waals surface area contributed by atoms with Crippen LogP contribution < -0.4 is 5.32 Å². The Morgan fingerprint density at radius 2 is 1.35 bits per heavy atom. The van der Waals surface area contributed by atoms with Gasteiger partial charge in [-0.15, -0.1) is 0 Å². The van der Waals surface area contributed by atoms with E-state index in [1.54, 1.807) is 0 Å². The van der Waals surface area contributed by atoms with Gasteiger partial charge in [0.25, 0.3) is 0 Å². The van der Waals surface area contributed by atoms with E-state index in [0.29, 0.717) is 13.2 Å². The Bertz CT molecular complexity index is 508. The van der Waals surface area contributed by atoms with E-state index < -0.39 is 0 Å². The molecule has 3 heteroatoms. The number of hydrogen-bond donors (Lipinski definition) is 1. The van der Waals surface area contributed by atoms with Gasteiger partial charge in [-0.3, -0.25) is 0 Å². The fraction of sp³-hybridized carbons (Fsp3) is 0.294. The van der Waals surface area contributed by atoms with Crippen LogP contribution in [-0.2, 0) is 24.5 Å². The van der Waals surface area contributed by atoms with Gasteiger partial charge in [0.05, 0.1) is 13.2 Å². The average molecular weight is 290 g/mol. The van der Waals surface area contributed by atoms with Crippen molar-refractivity contribution >= 4 is 11.6 Å². The highest BCUT2D eigenvalue weighted by molar-refractivity contribution is 6.30. The molecule has 0 aromatic heterocycles. The molecule has 2 rings (SSSR count). The minimum atomic E-state index is 0.607. The van der Waals surface area contributed by atoms with Crippen molar-refractivity contribution in [2.75, 3.05) is 6.54 Å². The standard InChI is InChI=1S/C17H20ClNO/c1-2-19-11-14-3-5-15(6-4-14)12-20-13-16-7-9-17(18)10-8-16/h3-10,19H,2,11-13H2,1H3. The summed E-state index contributed by atoms with van der Waals surface area (Å²) in [4.78, 5) is 0. The van der Waals surface area contributed by atoms with Crippen molar-refractivity contribution in [2.45, 2.75) is 26.7 Å². The molecule has 0 saturated carbocycles. The van der Waals surface area contributed by atoms with E-state index >= 15 is 0 Å². The second kappa shape index (κ2) is 8.05. The van der Waals surface area contributed by atoms with Crippen LogP contribution in [0, 0.1) is 0 Å². The van der Waals surface area contributed by atoms with Crippen molar-refractivity contribution in [3.8, 4) is 0 Å². The summed E-state index contributed by atoms with van der Waals surface area (Å²) in [6, 6.07) is 16.3. The Morgan fingerprint density at radius 3 is 1.90 bits per heavy atom. The molecule has 20 heavy (non-hydrogen) atoms. The average Bonchev–Trinajstić information content (AvgIpc) is 2.48. The van der Waals surface area contributed by atoms with Crippen LogP contribution in [-0.4, -0.2) is 6.54 Å². The van der Waals surface area contributed by atoms with E-state index in [1.807, 2.05) is 24.3 Å². The minimum absolute atomic E-state index is 0.607. The molecule has 0 aliphatic rings. The predicted octanol–water partition coefficient (Wildman–Crippen LogP) is 4.17. The van der Waals surface area contributed by atoms with Crippen LogP contribution in [0.25, 0.3) is 0 Å². The normalized spacial score (nSPS) is 10.7. The summed E-state index contributed by atoms with van der Waals surface area (Å²) in [5.41, 5.74) is 3.63. The van der Waals surface area contributed by atoms with E-state index in [0.717, 1.165) is 23.7 Å². The van der Waals surface area contributed by atoms with Gasteiger partial charge in [0.1, 0.15) is 0 Å². The summed E-state index contributed by atoms with van der Waals surface area (Å²) in [6.07, 6.45) is 0. The van der Waals surface area contributed by atoms with Crippen molar-refractivity contribution in [1.29, 1.82) is 0 Å². The van der Waals surface area contributed by atoms with Gasteiger partial charge >= 0.3 is 0 Å². The lowest BCUT2D eigenvalue weighted by atomic mass is 10.1. The first-order chi connectivity index (χ1) is 9.78. The first-order valence-corrected chi connectivity index (χ1v) is 7.26. The lowest BCUT2D eigenvalue weighted by Gasteiger charge is -2.06. The van der Waals surface area contributed by atoms with Crippen molar-refractivity contribution in [3.63, 3.8) is 0 Å². The fourth-order valence-corrected chi connectivity index (χ4v) is 2.02. The van der Waals surface area contributed by atoms with Crippen molar-refractivity contribution in [1.82, 2.24) is 5.32 Å². The SMILES string of the molecule is CCNCc1ccc(COCc2ccc(Cl)cc2)cc1. The molecule has 0 bridgehead atoms. The van der Waals surface area contributed by atoms with Crippen LogP contribution in [0.15, 0.2) is 48.5 Å². The minimum Gasteiger partial charge on any atom is -0.372 e. The third-order valence-electron chi connectivity index (χ3n) is 3.05. The van der Waals surface area contributed by atoms with Gasteiger partial charge in [0.2, 0.25) is 0 Å². The van der Waals surface area contributed by atoms with Gasteiger partial charge in [-0.05, 0) is 35.4 Å². The van der Waals surface area contributed by atoms with Crippen LogP contribution in [0.2, 0.25) is 5.02 Å². The summed E-state index contributed by atoms with van der Waals surface area (Å²) in [7, 11) is 0. The van der Waals surface area contributed by atoms with E-state index in [2.05, 4.69) is 36.5 Å². The molecule has 0 fully saturated rings. The monoisotopic (exact) mass is 289 g/mol. The topological polar surface area (TPSA) is 21.3 Å². The number of benzene rings is 2. The zero-order chi connectivity index (χ0) is 14.2. The van der Waals surface area contributed by atoms with Gasteiger partial charge in [0.15, 0.2) is 0 Å². The molecule has 1 N–H and O–H groups in total. The summed E-state index contributed by atoms with van der Waals surface area (Å²) in [6.45, 7) is 5.26. The number of nitrogens with one attached hydrogen (secondary N) is 1. The van der Waals surface area contributed by atoms with Gasteiger partial charge in [-0.2, -0.15) is 0 Å². The number of ether oxygens (including phenoxy) is 1. The number of hydrogen-bond acceptors (Lipinski definition) is 2. The zero-order valence-corrected chi connectivity index (χ0v) is 12.5. The zero-order valence-electron chi connectivity index (χ0n) is 11.7. The molecule has 0 atom stereocenters. The van der Waals surface area contributed by atoms with Crippen LogP contribution in [0.1, 0.15) is 23.6 Å². The Kier molecular flexibility index (Phi) is 6.06. The van der Waals surface area contributed by atoms with Crippen LogP contribution in [0.4, 0.5) is 0 Å². The first kappa shape index (κ1) is 15.0. The summed E-state index contributed by atoms with van der Waals surface area (Å²) >= 11 is 5.85. The largest absolute Gasteiger partial charge is 0.372 e. The molecule has 0 spiro atoms. The molecule has 2 nitrogen and oxygen atoms in total. The Labute approximate surface area is 125 Å². The third-order valence-corrected chi connectivity index (χ3v) is 3.30. The summed E-state index contributed by atoms with van der Waals surface area (Å²) in [5, 5.41) is 4.07. The molecule has 0 heterocycles. The smallest absolute Gasteiger partial charge is 0.0721 e. The van der Waals surface area contributed by atoms with Gasteiger partial charge < -0.3 is 10.1 Å². The van der Waals surface area contributed by atoms with Gasteiger partial charge in [-0.1, -0.05) is 54.9 Å². The number of rotatable bonds is 7. The van der Waals surface area contributed by atoms with E-state index in [4.69, 9.17) is 16.3 Å². The Morgan fingerprint density at radius 1 is 0.850 bits per heavy atom. The molecular weight excluding hydrogens is 270 g/mol. The van der Waals surface area contributed by atoms with Crippen LogP contribution in [0.5, 0.6) is 0 Å². The van der Waals surface area contributed by atoms with E-state index in [9.17, 15) is 0 Å². The highest BCUT2D eigenvalue weighted by atomic mass is 35.5. The quantitative estimate of drug-likeness (QED) is 0.826. The van der Waals surface area contributed by atoms with Crippen molar-refractivity contribution in [3.05, 3.63) is 70.2 Å².